The summed E-state index contributed by atoms with van der Waals surface area (Å²) >= 11 is 0. The number of rotatable bonds is 3. The Bertz CT molecular complexity index is 679. The predicted octanol–water partition coefficient (Wildman–Crippen LogP) is 4.94. The molecule has 3 heteroatoms. The fourth-order valence-corrected chi connectivity index (χ4v) is 3.61. The molecule has 126 valence electrons. The Morgan fingerprint density at radius 1 is 1.30 bits per heavy atom. The van der Waals surface area contributed by atoms with Crippen molar-refractivity contribution in [2.45, 2.75) is 65.1 Å². The molecule has 0 saturated heterocycles. The second kappa shape index (κ2) is 6.96. The number of nitrogens with one attached hydrogen (secondary N) is 1. The zero-order chi connectivity index (χ0) is 17.2. The summed E-state index contributed by atoms with van der Waals surface area (Å²) in [6.07, 6.45) is 1.83. The van der Waals surface area contributed by atoms with E-state index in [1.165, 1.54) is 10.9 Å². The number of benzene rings is 1. The summed E-state index contributed by atoms with van der Waals surface area (Å²) in [4.78, 5) is 4.59. The van der Waals surface area contributed by atoms with Crippen molar-refractivity contribution < 1.29 is 4.39 Å². The molecule has 1 aromatic carbocycles. The lowest BCUT2D eigenvalue weighted by atomic mass is 9.64. The van der Waals surface area contributed by atoms with E-state index in [0.717, 1.165) is 29.6 Å². The minimum absolute atomic E-state index is 0.0228. The molecule has 0 radical (unpaired) electrons. The first-order chi connectivity index (χ1) is 11.0. The number of halogens is 1. The van der Waals surface area contributed by atoms with E-state index in [9.17, 15) is 4.39 Å². The van der Waals surface area contributed by atoms with Gasteiger partial charge in [-0.15, -0.1) is 0 Å². The third kappa shape index (κ3) is 3.12. The van der Waals surface area contributed by atoms with E-state index in [0.29, 0.717) is 0 Å². The van der Waals surface area contributed by atoms with Crippen molar-refractivity contribution >= 4 is 10.9 Å². The molecule has 1 fully saturated rings. The van der Waals surface area contributed by atoms with Gasteiger partial charge in [0.25, 0.3) is 0 Å². The highest BCUT2D eigenvalue weighted by molar-refractivity contribution is 5.83. The zero-order valence-electron chi connectivity index (χ0n) is 15.2. The third-order valence-electron chi connectivity index (χ3n) is 5.01. The summed E-state index contributed by atoms with van der Waals surface area (Å²) in [6, 6.07) is 8.33. The van der Waals surface area contributed by atoms with E-state index in [4.69, 9.17) is 0 Å². The van der Waals surface area contributed by atoms with Crippen molar-refractivity contribution in [1.82, 2.24) is 10.3 Å². The minimum Gasteiger partial charge on any atom is -0.314 e. The Morgan fingerprint density at radius 2 is 2.00 bits per heavy atom. The average molecular weight is 316 g/mol. The largest absolute Gasteiger partial charge is 0.314 e. The molecular formula is C20H29FN2. The van der Waals surface area contributed by atoms with Crippen LogP contribution in [0.15, 0.2) is 24.3 Å². The SMILES string of the molecule is CC.CCc1cc(C)nc2ccc(C3C[C@@H](NC)C3(C)F)cc12. The van der Waals surface area contributed by atoms with E-state index in [2.05, 4.69) is 29.4 Å². The molecule has 1 aliphatic rings. The first-order valence-electron chi connectivity index (χ1n) is 8.73. The van der Waals surface area contributed by atoms with Crippen LogP contribution < -0.4 is 5.32 Å². The lowest BCUT2D eigenvalue weighted by Crippen LogP contribution is -2.58. The van der Waals surface area contributed by atoms with Gasteiger partial charge in [-0.2, -0.15) is 0 Å². The summed E-state index contributed by atoms with van der Waals surface area (Å²) in [5, 5.41) is 4.24. The van der Waals surface area contributed by atoms with Crippen molar-refractivity contribution in [3.63, 3.8) is 0 Å². The molecule has 2 unspecified atom stereocenters. The number of aromatic nitrogens is 1. The summed E-state index contributed by atoms with van der Waals surface area (Å²) in [5.74, 6) is -0.0228. The van der Waals surface area contributed by atoms with E-state index in [1.54, 1.807) is 6.92 Å². The molecule has 1 aliphatic carbocycles. The highest BCUT2D eigenvalue weighted by atomic mass is 19.1. The van der Waals surface area contributed by atoms with Gasteiger partial charge >= 0.3 is 0 Å². The predicted molar refractivity (Wildman–Crippen MR) is 96.9 cm³/mol. The van der Waals surface area contributed by atoms with Crippen LogP contribution in [0.2, 0.25) is 0 Å². The number of hydrogen-bond donors (Lipinski definition) is 1. The minimum atomic E-state index is -1.17. The molecule has 0 bridgehead atoms. The van der Waals surface area contributed by atoms with Crippen molar-refractivity contribution in [3.8, 4) is 0 Å². The molecule has 1 aromatic heterocycles. The Labute approximate surface area is 139 Å². The molecule has 1 N–H and O–H groups in total. The molecule has 0 aliphatic heterocycles. The highest BCUT2D eigenvalue weighted by Crippen LogP contribution is 2.49. The highest BCUT2D eigenvalue weighted by Gasteiger charge is 2.52. The Hall–Kier alpha value is -1.48. The van der Waals surface area contributed by atoms with Crippen LogP contribution >= 0.6 is 0 Å². The molecule has 1 saturated carbocycles. The van der Waals surface area contributed by atoms with Gasteiger partial charge in [-0.3, -0.25) is 4.98 Å². The topological polar surface area (TPSA) is 24.9 Å². The van der Waals surface area contributed by atoms with E-state index < -0.39 is 5.67 Å². The maximum absolute atomic E-state index is 14.8. The lowest BCUT2D eigenvalue weighted by Gasteiger charge is -2.48. The zero-order valence-corrected chi connectivity index (χ0v) is 15.2. The molecular weight excluding hydrogens is 287 g/mol. The number of pyridine rings is 1. The van der Waals surface area contributed by atoms with Crippen LogP contribution in [0.1, 0.15) is 56.9 Å². The van der Waals surface area contributed by atoms with Gasteiger partial charge in [0.1, 0.15) is 5.67 Å². The quantitative estimate of drug-likeness (QED) is 0.868. The maximum atomic E-state index is 14.8. The van der Waals surface area contributed by atoms with E-state index >= 15 is 0 Å². The van der Waals surface area contributed by atoms with E-state index in [1.807, 2.05) is 40.0 Å². The fourth-order valence-electron chi connectivity index (χ4n) is 3.61. The van der Waals surface area contributed by atoms with Crippen molar-refractivity contribution in [2.24, 2.45) is 0 Å². The number of alkyl halides is 1. The fraction of sp³-hybridized carbons (Fsp3) is 0.550. The molecule has 2 nitrogen and oxygen atoms in total. The van der Waals surface area contributed by atoms with Gasteiger partial charge in [-0.05, 0) is 63.1 Å². The number of aryl methyl sites for hydroxylation is 2. The van der Waals surface area contributed by atoms with Crippen LogP contribution in [0.4, 0.5) is 4.39 Å². The lowest BCUT2D eigenvalue weighted by molar-refractivity contribution is 0.00681. The standard InChI is InChI=1S/C18H23FN2.C2H6/c1-5-12-8-11(2)21-16-7-6-13(9-14(12)16)15-10-17(20-4)18(15,3)19;1-2/h6-9,15,17,20H,5,10H2,1-4H3;1-2H3/t15?,17-,18?;/m1./s1. The molecule has 3 rings (SSSR count). The second-order valence-corrected chi connectivity index (χ2v) is 6.33. The van der Waals surface area contributed by atoms with Crippen LogP contribution in [-0.2, 0) is 6.42 Å². The van der Waals surface area contributed by atoms with Gasteiger partial charge in [-0.25, -0.2) is 4.39 Å². The van der Waals surface area contributed by atoms with Gasteiger partial charge in [-0.1, -0.05) is 26.8 Å². The van der Waals surface area contributed by atoms with Gasteiger partial charge in [0.2, 0.25) is 0 Å². The summed E-state index contributed by atoms with van der Waals surface area (Å²) < 4.78 is 14.8. The monoisotopic (exact) mass is 316 g/mol. The maximum Gasteiger partial charge on any atom is 0.130 e. The van der Waals surface area contributed by atoms with E-state index in [-0.39, 0.29) is 12.0 Å². The molecule has 3 atom stereocenters. The Balaban J connectivity index is 0.000000924. The van der Waals surface area contributed by atoms with Gasteiger partial charge in [0, 0.05) is 23.0 Å². The van der Waals surface area contributed by atoms with Gasteiger partial charge in [0.05, 0.1) is 5.52 Å². The third-order valence-corrected chi connectivity index (χ3v) is 5.01. The van der Waals surface area contributed by atoms with Crippen LogP contribution in [0.3, 0.4) is 0 Å². The van der Waals surface area contributed by atoms with Gasteiger partial charge < -0.3 is 5.32 Å². The molecule has 0 spiro atoms. The van der Waals surface area contributed by atoms with Crippen molar-refractivity contribution in [1.29, 1.82) is 0 Å². The Morgan fingerprint density at radius 3 is 2.57 bits per heavy atom. The van der Waals surface area contributed by atoms with Gasteiger partial charge in [0.15, 0.2) is 0 Å². The van der Waals surface area contributed by atoms with Crippen LogP contribution in [0, 0.1) is 6.92 Å². The normalized spacial score (nSPS) is 26.4. The van der Waals surface area contributed by atoms with Crippen LogP contribution in [0.5, 0.6) is 0 Å². The second-order valence-electron chi connectivity index (χ2n) is 6.33. The molecule has 1 heterocycles. The first kappa shape index (κ1) is 17.9. The Kier molecular flexibility index (Phi) is 5.41. The van der Waals surface area contributed by atoms with Crippen molar-refractivity contribution in [3.05, 3.63) is 41.1 Å². The smallest absolute Gasteiger partial charge is 0.130 e. The molecule has 0 amide bonds. The van der Waals surface area contributed by atoms with Crippen molar-refractivity contribution in [2.75, 3.05) is 7.05 Å². The average Bonchev–Trinajstić information content (AvgIpc) is 2.55. The number of nitrogens with zero attached hydrogens (tertiary/aromatic N) is 1. The number of fused-ring (bicyclic) bond motifs is 1. The number of hydrogen-bond acceptors (Lipinski definition) is 2. The molecule has 2 aromatic rings. The summed E-state index contributed by atoms with van der Waals surface area (Å²) in [7, 11) is 1.83. The van der Waals surface area contributed by atoms with Crippen LogP contribution in [-0.4, -0.2) is 23.7 Å². The summed E-state index contributed by atoms with van der Waals surface area (Å²) in [6.45, 7) is 9.88. The van der Waals surface area contributed by atoms with Crippen LogP contribution in [0.25, 0.3) is 10.9 Å². The molecule has 23 heavy (non-hydrogen) atoms. The summed E-state index contributed by atoms with van der Waals surface area (Å²) in [5.41, 5.74) is 3.28. The first-order valence-corrected chi connectivity index (χ1v) is 8.73.